The van der Waals surface area contributed by atoms with E-state index >= 15 is 0 Å². The minimum atomic E-state index is -0.163. The summed E-state index contributed by atoms with van der Waals surface area (Å²) in [5.41, 5.74) is 1.06. The van der Waals surface area contributed by atoms with Crippen LogP contribution in [0.15, 0.2) is 22.7 Å². The van der Waals surface area contributed by atoms with Gasteiger partial charge in [0.15, 0.2) is 0 Å². The molecule has 0 spiro atoms. The van der Waals surface area contributed by atoms with Gasteiger partial charge >= 0.3 is 0 Å². The molecule has 4 heteroatoms. The van der Waals surface area contributed by atoms with E-state index in [1.807, 2.05) is 13.1 Å². The van der Waals surface area contributed by atoms with Crippen molar-refractivity contribution >= 4 is 27.7 Å². The van der Waals surface area contributed by atoms with E-state index in [2.05, 4.69) is 33.0 Å². The molecule has 1 fully saturated rings. The average Bonchev–Trinajstić information content (AvgIpc) is 2.43. The van der Waals surface area contributed by atoms with Gasteiger partial charge in [0, 0.05) is 21.5 Å². The Balaban J connectivity index is 1.84. The number of thioether (sulfide) groups is 1. The van der Waals surface area contributed by atoms with E-state index in [1.54, 1.807) is 6.07 Å². The Morgan fingerprint density at radius 3 is 2.70 bits per heavy atom. The summed E-state index contributed by atoms with van der Waals surface area (Å²) in [6.45, 7) is 0. The molecule has 0 bridgehead atoms. The van der Waals surface area contributed by atoms with Crippen molar-refractivity contribution in [3.63, 3.8) is 0 Å². The van der Waals surface area contributed by atoms with Crippen molar-refractivity contribution in [3.8, 4) is 0 Å². The first-order chi connectivity index (χ1) is 9.67. The molecule has 1 atom stereocenters. The molecule has 0 radical (unpaired) electrons. The molecule has 0 saturated heterocycles. The van der Waals surface area contributed by atoms with Crippen LogP contribution in [-0.2, 0) is 6.42 Å². The van der Waals surface area contributed by atoms with Crippen LogP contribution in [0.1, 0.15) is 37.7 Å². The maximum absolute atomic E-state index is 13.4. The van der Waals surface area contributed by atoms with E-state index in [-0.39, 0.29) is 5.82 Å². The third-order valence-corrected chi connectivity index (χ3v) is 5.89. The van der Waals surface area contributed by atoms with Crippen molar-refractivity contribution in [2.45, 2.75) is 49.8 Å². The fourth-order valence-corrected chi connectivity index (χ4v) is 4.71. The van der Waals surface area contributed by atoms with Crippen LogP contribution in [0.4, 0.5) is 4.39 Å². The largest absolute Gasteiger partial charge is 0.316 e. The Kier molecular flexibility index (Phi) is 6.85. The minimum Gasteiger partial charge on any atom is -0.316 e. The molecular formula is C16H23BrFNS. The number of benzene rings is 1. The molecular weight excluding hydrogens is 337 g/mol. The van der Waals surface area contributed by atoms with Gasteiger partial charge in [0.05, 0.1) is 0 Å². The summed E-state index contributed by atoms with van der Waals surface area (Å²) < 4.78 is 14.2. The molecule has 0 aromatic heterocycles. The first-order valence-electron chi connectivity index (χ1n) is 7.41. The van der Waals surface area contributed by atoms with Crippen molar-refractivity contribution in [1.29, 1.82) is 0 Å². The van der Waals surface area contributed by atoms with Crippen LogP contribution in [0.2, 0.25) is 0 Å². The molecule has 2 rings (SSSR count). The van der Waals surface area contributed by atoms with Gasteiger partial charge in [-0.2, -0.15) is 11.8 Å². The first kappa shape index (κ1) is 16.3. The SMILES string of the molecule is CNC(CSC1CCCCC1)Cc1cc(F)cc(Br)c1. The monoisotopic (exact) mass is 359 g/mol. The van der Waals surface area contributed by atoms with Crippen LogP contribution in [0.3, 0.4) is 0 Å². The highest BCUT2D eigenvalue weighted by molar-refractivity contribution is 9.10. The van der Waals surface area contributed by atoms with E-state index in [9.17, 15) is 4.39 Å². The Labute approximate surface area is 134 Å². The summed E-state index contributed by atoms with van der Waals surface area (Å²) >= 11 is 5.45. The molecule has 0 aliphatic heterocycles. The Bertz CT molecular complexity index is 401. The Morgan fingerprint density at radius 1 is 1.30 bits per heavy atom. The van der Waals surface area contributed by atoms with Crippen LogP contribution >= 0.6 is 27.7 Å². The highest BCUT2D eigenvalue weighted by Crippen LogP contribution is 2.29. The summed E-state index contributed by atoms with van der Waals surface area (Å²) in [6.07, 6.45) is 7.80. The first-order valence-corrected chi connectivity index (χ1v) is 9.25. The van der Waals surface area contributed by atoms with E-state index in [1.165, 1.54) is 38.2 Å². The van der Waals surface area contributed by atoms with Crippen LogP contribution in [0.5, 0.6) is 0 Å². The predicted molar refractivity (Wildman–Crippen MR) is 90.0 cm³/mol. The van der Waals surface area contributed by atoms with Gasteiger partial charge in [-0.25, -0.2) is 4.39 Å². The maximum atomic E-state index is 13.4. The molecule has 0 heterocycles. The van der Waals surface area contributed by atoms with Gasteiger partial charge in [0.1, 0.15) is 5.82 Å². The molecule has 0 amide bonds. The molecule has 1 N–H and O–H groups in total. The lowest BCUT2D eigenvalue weighted by atomic mass is 10.0. The highest BCUT2D eigenvalue weighted by Gasteiger charge is 2.16. The van der Waals surface area contributed by atoms with Crippen molar-refractivity contribution in [2.24, 2.45) is 0 Å². The van der Waals surface area contributed by atoms with Crippen LogP contribution in [-0.4, -0.2) is 24.1 Å². The summed E-state index contributed by atoms with van der Waals surface area (Å²) in [4.78, 5) is 0. The molecule has 1 aromatic carbocycles. The summed E-state index contributed by atoms with van der Waals surface area (Å²) in [5, 5.41) is 4.20. The van der Waals surface area contributed by atoms with Gasteiger partial charge in [0.2, 0.25) is 0 Å². The molecule has 1 unspecified atom stereocenters. The fourth-order valence-electron chi connectivity index (χ4n) is 2.74. The standard InChI is InChI=1S/C16H23BrFNS/c1-19-15(11-20-16-5-3-2-4-6-16)9-12-7-13(17)10-14(18)8-12/h7-8,10,15-16,19H,2-6,9,11H2,1H3. The molecule has 1 aromatic rings. The van der Waals surface area contributed by atoms with E-state index in [0.717, 1.165) is 27.5 Å². The maximum Gasteiger partial charge on any atom is 0.124 e. The van der Waals surface area contributed by atoms with Crippen LogP contribution < -0.4 is 5.32 Å². The predicted octanol–water partition coefficient (Wildman–Crippen LogP) is 4.78. The second-order valence-electron chi connectivity index (χ2n) is 5.56. The zero-order valence-corrected chi connectivity index (χ0v) is 14.4. The number of rotatable bonds is 6. The van der Waals surface area contributed by atoms with Gasteiger partial charge in [-0.1, -0.05) is 35.2 Å². The van der Waals surface area contributed by atoms with Crippen molar-refractivity contribution in [1.82, 2.24) is 5.32 Å². The van der Waals surface area contributed by atoms with Gasteiger partial charge in [0.25, 0.3) is 0 Å². The second kappa shape index (κ2) is 8.40. The molecule has 1 aliphatic carbocycles. The molecule has 20 heavy (non-hydrogen) atoms. The molecule has 1 saturated carbocycles. The molecule has 1 aliphatic rings. The molecule has 112 valence electrons. The number of hydrogen-bond acceptors (Lipinski definition) is 2. The molecule has 1 nitrogen and oxygen atoms in total. The van der Waals surface area contributed by atoms with Gasteiger partial charge in [-0.05, 0) is 50.1 Å². The second-order valence-corrected chi connectivity index (χ2v) is 7.81. The Morgan fingerprint density at radius 2 is 2.05 bits per heavy atom. The highest BCUT2D eigenvalue weighted by atomic mass is 79.9. The van der Waals surface area contributed by atoms with Crippen molar-refractivity contribution < 1.29 is 4.39 Å². The summed E-state index contributed by atoms with van der Waals surface area (Å²) in [7, 11) is 2.00. The van der Waals surface area contributed by atoms with E-state index < -0.39 is 0 Å². The lowest BCUT2D eigenvalue weighted by Gasteiger charge is -2.24. The zero-order chi connectivity index (χ0) is 14.4. The van der Waals surface area contributed by atoms with Crippen molar-refractivity contribution in [2.75, 3.05) is 12.8 Å². The normalized spacial score (nSPS) is 18.1. The zero-order valence-electron chi connectivity index (χ0n) is 12.0. The van der Waals surface area contributed by atoms with Crippen LogP contribution in [0.25, 0.3) is 0 Å². The third-order valence-electron chi connectivity index (χ3n) is 3.90. The van der Waals surface area contributed by atoms with Gasteiger partial charge < -0.3 is 5.32 Å². The lowest BCUT2D eigenvalue weighted by molar-refractivity contribution is 0.514. The quantitative estimate of drug-likeness (QED) is 0.783. The van der Waals surface area contributed by atoms with Crippen LogP contribution in [0, 0.1) is 5.82 Å². The summed E-state index contributed by atoms with van der Waals surface area (Å²) in [5.74, 6) is 0.944. The Hall–Kier alpha value is -0.0600. The lowest BCUT2D eigenvalue weighted by Crippen LogP contribution is -2.31. The number of nitrogens with one attached hydrogen (secondary N) is 1. The fraction of sp³-hybridized carbons (Fsp3) is 0.625. The number of hydrogen-bond donors (Lipinski definition) is 1. The number of halogens is 2. The van der Waals surface area contributed by atoms with E-state index in [4.69, 9.17) is 0 Å². The average molecular weight is 360 g/mol. The number of likely N-dealkylation sites (N-methyl/N-ethyl adjacent to an activating group) is 1. The van der Waals surface area contributed by atoms with Gasteiger partial charge in [-0.15, -0.1) is 0 Å². The van der Waals surface area contributed by atoms with Gasteiger partial charge in [-0.3, -0.25) is 0 Å². The smallest absolute Gasteiger partial charge is 0.124 e. The summed E-state index contributed by atoms with van der Waals surface area (Å²) in [6, 6.07) is 5.57. The van der Waals surface area contributed by atoms with E-state index in [0.29, 0.717) is 6.04 Å². The third kappa shape index (κ3) is 5.38. The van der Waals surface area contributed by atoms with Crippen molar-refractivity contribution in [3.05, 3.63) is 34.1 Å². The topological polar surface area (TPSA) is 12.0 Å². The minimum absolute atomic E-state index is 0.163.